The molecule has 192 valence electrons. The van der Waals surface area contributed by atoms with Crippen molar-refractivity contribution >= 4 is 44.4 Å². The zero-order valence-corrected chi connectivity index (χ0v) is 22.6. The lowest BCUT2D eigenvalue weighted by Crippen LogP contribution is -2.26. The number of nitrogen functional groups attached to an aromatic ring is 1. The number of thiazole rings is 1. The Hall–Kier alpha value is -3.90. The number of imide groups is 1. The molecule has 1 aliphatic heterocycles. The van der Waals surface area contributed by atoms with Gasteiger partial charge in [0.15, 0.2) is 17.0 Å². The number of hydrogen-bond donors (Lipinski definition) is 3. The number of Topliss-reactive ketones (excluding diaryl/α,β-unsaturated/α-hetero) is 1. The maximum atomic E-state index is 11.3. The molecule has 4 rings (SSSR count). The molecule has 1 unspecified atom stereocenters. The van der Waals surface area contributed by atoms with Crippen molar-refractivity contribution in [2.24, 2.45) is 0 Å². The largest absolute Gasteiger partial charge is 0.497 e. The molecule has 2 aromatic carbocycles. The van der Waals surface area contributed by atoms with Gasteiger partial charge in [0.25, 0.3) is 5.91 Å². The zero-order chi connectivity index (χ0) is 27.3. The number of methoxy groups -OCH3 is 1. The summed E-state index contributed by atoms with van der Waals surface area (Å²) in [7, 11) is 1.60. The number of nitrogens with two attached hydrogens (primary N) is 1. The van der Waals surface area contributed by atoms with Crippen molar-refractivity contribution in [2.45, 2.75) is 54.0 Å². The molecule has 8 nitrogen and oxygen atoms in total. The van der Waals surface area contributed by atoms with Crippen LogP contribution in [0.25, 0.3) is 10.2 Å². The van der Waals surface area contributed by atoms with Crippen LogP contribution in [0.5, 0.6) is 5.75 Å². The van der Waals surface area contributed by atoms with Crippen LogP contribution in [0.15, 0.2) is 36.4 Å². The normalized spacial score (nSPS) is 13.2. The zero-order valence-electron chi connectivity index (χ0n) is 21.8. The van der Waals surface area contributed by atoms with E-state index in [1.165, 1.54) is 11.3 Å². The molecule has 0 saturated carbocycles. The molecule has 3 amide bonds. The van der Waals surface area contributed by atoms with Gasteiger partial charge in [0.1, 0.15) is 5.75 Å². The third kappa shape index (κ3) is 8.40. The fourth-order valence-electron chi connectivity index (χ4n) is 3.01. The number of aryl methyl sites for hydroxylation is 1. The number of amides is 3. The first kappa shape index (κ1) is 30.1. The van der Waals surface area contributed by atoms with Gasteiger partial charge in [0.05, 0.1) is 17.3 Å². The van der Waals surface area contributed by atoms with Crippen molar-refractivity contribution in [1.29, 1.82) is 0 Å². The van der Waals surface area contributed by atoms with E-state index < -0.39 is 18.0 Å². The summed E-state index contributed by atoms with van der Waals surface area (Å²) in [6, 6.07) is 9.76. The van der Waals surface area contributed by atoms with Gasteiger partial charge in [0.2, 0.25) is 0 Å². The van der Waals surface area contributed by atoms with Gasteiger partial charge in [-0.2, -0.15) is 0 Å². The molecule has 2 heterocycles. The molecule has 0 aliphatic carbocycles. The first-order chi connectivity index (χ1) is 17.3. The summed E-state index contributed by atoms with van der Waals surface area (Å²) in [5.74, 6) is 5.96. The number of carbonyl (C=O) groups excluding carboxylic acids is 3. The van der Waals surface area contributed by atoms with Crippen molar-refractivity contribution in [1.82, 2.24) is 15.6 Å². The molecule has 9 heteroatoms. The minimum atomic E-state index is -0.797. The number of anilines is 1. The van der Waals surface area contributed by atoms with Crippen LogP contribution in [0.3, 0.4) is 0 Å². The molecule has 4 N–H and O–H groups in total. The highest BCUT2D eigenvalue weighted by atomic mass is 32.1. The lowest BCUT2D eigenvalue weighted by Gasteiger charge is -2.06. The summed E-state index contributed by atoms with van der Waals surface area (Å²) in [6.45, 7) is 11.6. The number of carbonyl (C=O) groups is 3. The van der Waals surface area contributed by atoms with Gasteiger partial charge < -0.3 is 15.8 Å². The molecule has 1 atom stereocenters. The van der Waals surface area contributed by atoms with Crippen LogP contribution < -0.4 is 21.1 Å². The summed E-state index contributed by atoms with van der Waals surface area (Å²) in [5, 5.41) is 5.03. The van der Waals surface area contributed by atoms with Gasteiger partial charge in [-0.25, -0.2) is 9.78 Å². The summed E-state index contributed by atoms with van der Waals surface area (Å²) >= 11 is 1.38. The molecule has 0 spiro atoms. The van der Waals surface area contributed by atoms with E-state index in [9.17, 15) is 14.4 Å². The Kier molecular flexibility index (Phi) is 12.7. The number of ketones is 1. The summed E-state index contributed by atoms with van der Waals surface area (Å²) in [5.41, 5.74) is 9.02. The van der Waals surface area contributed by atoms with Gasteiger partial charge in [0, 0.05) is 11.1 Å². The van der Waals surface area contributed by atoms with Gasteiger partial charge in [-0.15, -0.1) is 0 Å². The van der Waals surface area contributed by atoms with Gasteiger partial charge in [-0.05, 0) is 49.2 Å². The molecule has 0 bridgehead atoms. The van der Waals surface area contributed by atoms with Crippen molar-refractivity contribution in [3.8, 4) is 17.6 Å². The van der Waals surface area contributed by atoms with E-state index in [4.69, 9.17) is 10.5 Å². The highest BCUT2D eigenvalue weighted by Crippen LogP contribution is 2.24. The maximum Gasteiger partial charge on any atom is 0.322 e. The standard InChI is InChI=1S/C12H8N4O2S.C11H14O2.2C2H6/c13-11-14-7-3-1-6(5-9(7)19-11)2-4-8-10(17)16-12(18)15-8;1-4-9-5-6-10(13-3)7-11(9)8(2)12;2*1-2/h1,3,5,8H,(H2,13,14)(H2,15,16,17,18);5-7H,4H2,1-3H3;2*1-2H3. The average Bonchev–Trinajstić information content (AvgIpc) is 3.43. The van der Waals surface area contributed by atoms with Crippen molar-refractivity contribution in [3.63, 3.8) is 0 Å². The molecule has 1 aliphatic rings. The monoisotopic (exact) mass is 510 g/mol. The Labute approximate surface area is 216 Å². The number of rotatable bonds is 3. The van der Waals surface area contributed by atoms with E-state index in [2.05, 4.69) is 27.5 Å². The Morgan fingerprint density at radius 1 is 1.14 bits per heavy atom. The Bertz CT molecular complexity index is 1260. The SMILES string of the molecule is CC.CC.CCc1ccc(OC)cc1C(C)=O.Nc1nc2ccc(C#CC3NC(=O)NC3=O)cc2s1. The van der Waals surface area contributed by atoms with Crippen LogP contribution in [0.1, 0.15) is 63.0 Å². The fraction of sp³-hybridized carbons (Fsp3) is 0.333. The lowest BCUT2D eigenvalue weighted by molar-refractivity contribution is -0.119. The number of nitrogens with zero attached hydrogens (tertiary/aromatic N) is 1. The molecule has 1 aromatic heterocycles. The second kappa shape index (κ2) is 15.2. The third-order valence-corrected chi connectivity index (χ3v) is 5.46. The number of benzene rings is 2. The van der Waals surface area contributed by atoms with Gasteiger partial charge in [-0.1, -0.05) is 63.9 Å². The van der Waals surface area contributed by atoms with E-state index in [0.717, 1.165) is 39.1 Å². The number of fused-ring (bicyclic) bond motifs is 1. The van der Waals surface area contributed by atoms with E-state index in [0.29, 0.717) is 5.13 Å². The Morgan fingerprint density at radius 2 is 1.83 bits per heavy atom. The van der Waals surface area contributed by atoms with Crippen molar-refractivity contribution in [2.75, 3.05) is 12.8 Å². The third-order valence-electron chi connectivity index (χ3n) is 4.62. The van der Waals surface area contributed by atoms with Gasteiger partial charge in [-0.3, -0.25) is 14.9 Å². The van der Waals surface area contributed by atoms with E-state index in [-0.39, 0.29) is 5.78 Å². The van der Waals surface area contributed by atoms with Crippen molar-refractivity contribution in [3.05, 3.63) is 53.1 Å². The molecular formula is C27H34N4O4S. The number of aromatic nitrogens is 1. The van der Waals surface area contributed by atoms with Crippen LogP contribution >= 0.6 is 11.3 Å². The first-order valence-electron chi connectivity index (χ1n) is 11.8. The van der Waals surface area contributed by atoms with E-state index in [1.54, 1.807) is 26.2 Å². The highest BCUT2D eigenvalue weighted by Gasteiger charge is 2.27. The van der Waals surface area contributed by atoms with Crippen LogP contribution in [-0.2, 0) is 11.2 Å². The molecule has 1 saturated heterocycles. The number of nitrogens with one attached hydrogen (secondary N) is 2. The minimum Gasteiger partial charge on any atom is -0.497 e. The molecule has 1 fully saturated rings. The predicted molar refractivity (Wildman–Crippen MR) is 146 cm³/mol. The van der Waals surface area contributed by atoms with E-state index in [1.807, 2.05) is 58.9 Å². The van der Waals surface area contributed by atoms with Crippen LogP contribution in [0.4, 0.5) is 9.93 Å². The quantitative estimate of drug-likeness (QED) is 0.260. The maximum absolute atomic E-state index is 11.3. The summed E-state index contributed by atoms with van der Waals surface area (Å²) in [4.78, 5) is 37.6. The van der Waals surface area contributed by atoms with Crippen LogP contribution in [0, 0.1) is 11.8 Å². The highest BCUT2D eigenvalue weighted by molar-refractivity contribution is 7.22. The topological polar surface area (TPSA) is 123 Å². The average molecular weight is 511 g/mol. The number of ether oxygens (including phenoxy) is 1. The lowest BCUT2D eigenvalue weighted by atomic mass is 10.0. The number of hydrogen-bond acceptors (Lipinski definition) is 7. The van der Waals surface area contributed by atoms with Gasteiger partial charge >= 0.3 is 6.03 Å². The first-order valence-corrected chi connectivity index (χ1v) is 12.6. The minimum absolute atomic E-state index is 0.0933. The second-order valence-electron chi connectivity index (χ2n) is 6.83. The predicted octanol–water partition coefficient (Wildman–Crippen LogP) is 4.95. The summed E-state index contributed by atoms with van der Waals surface area (Å²) in [6.07, 6.45) is 0.874. The van der Waals surface area contributed by atoms with Crippen molar-refractivity contribution < 1.29 is 19.1 Å². The number of urea groups is 1. The second-order valence-corrected chi connectivity index (χ2v) is 7.89. The summed E-state index contributed by atoms with van der Waals surface area (Å²) < 4.78 is 5.99. The molecule has 0 radical (unpaired) electrons. The Morgan fingerprint density at radius 3 is 2.39 bits per heavy atom. The molecular weight excluding hydrogens is 476 g/mol. The van der Waals surface area contributed by atoms with Crippen LogP contribution in [0.2, 0.25) is 0 Å². The Balaban J connectivity index is 0.000000335. The smallest absolute Gasteiger partial charge is 0.322 e. The van der Waals surface area contributed by atoms with E-state index >= 15 is 0 Å². The fourth-order valence-corrected chi connectivity index (χ4v) is 3.79. The van der Waals surface area contributed by atoms with Crippen LogP contribution in [-0.4, -0.2) is 35.9 Å². The molecule has 36 heavy (non-hydrogen) atoms. The molecule has 3 aromatic rings.